The number of carbonyl (C=O) groups is 2. The SMILES string of the molecule is CCCNC(=O)[C@H](CC)N(Cc1ccc(Cl)cc1Cl)C(=O)CN(c1ccc(C)c(C)c1)S(=O)(=O)c1ccc(Cl)cc1. The number of rotatable bonds is 12. The summed E-state index contributed by atoms with van der Waals surface area (Å²) in [6.07, 6.45) is 1.03. The molecule has 3 aromatic carbocycles. The van der Waals surface area contributed by atoms with Gasteiger partial charge in [0.15, 0.2) is 0 Å². The van der Waals surface area contributed by atoms with E-state index in [9.17, 15) is 18.0 Å². The molecule has 1 atom stereocenters. The smallest absolute Gasteiger partial charge is 0.264 e. The van der Waals surface area contributed by atoms with Gasteiger partial charge in [-0.2, -0.15) is 0 Å². The molecule has 0 heterocycles. The van der Waals surface area contributed by atoms with Gasteiger partial charge < -0.3 is 10.2 Å². The molecular formula is C30H34Cl3N3O4S. The van der Waals surface area contributed by atoms with Gasteiger partial charge in [0.1, 0.15) is 12.6 Å². The quantitative estimate of drug-likeness (QED) is 0.237. The summed E-state index contributed by atoms with van der Waals surface area (Å²) in [6, 6.07) is 15.0. The van der Waals surface area contributed by atoms with Crippen molar-refractivity contribution in [3.05, 3.63) is 92.4 Å². The van der Waals surface area contributed by atoms with Crippen LogP contribution >= 0.6 is 34.8 Å². The molecule has 0 unspecified atom stereocenters. The number of nitrogens with zero attached hydrogens (tertiary/aromatic N) is 2. The largest absolute Gasteiger partial charge is 0.354 e. The van der Waals surface area contributed by atoms with E-state index in [4.69, 9.17) is 34.8 Å². The van der Waals surface area contributed by atoms with Crippen LogP contribution in [0.5, 0.6) is 0 Å². The minimum absolute atomic E-state index is 0.0192. The number of aryl methyl sites for hydroxylation is 2. The number of halogens is 3. The van der Waals surface area contributed by atoms with Crippen LogP contribution in [0.15, 0.2) is 65.6 Å². The topological polar surface area (TPSA) is 86.8 Å². The van der Waals surface area contributed by atoms with Gasteiger partial charge in [-0.05, 0) is 91.9 Å². The Morgan fingerprint density at radius 3 is 2.12 bits per heavy atom. The molecule has 2 amide bonds. The van der Waals surface area contributed by atoms with Gasteiger partial charge >= 0.3 is 0 Å². The van der Waals surface area contributed by atoms with E-state index in [0.29, 0.717) is 39.3 Å². The molecule has 0 aliphatic carbocycles. The van der Waals surface area contributed by atoms with Gasteiger partial charge in [-0.3, -0.25) is 13.9 Å². The van der Waals surface area contributed by atoms with Crippen molar-refractivity contribution in [3.63, 3.8) is 0 Å². The number of anilines is 1. The van der Waals surface area contributed by atoms with Gasteiger partial charge in [-0.25, -0.2) is 8.42 Å². The second-order valence-corrected chi connectivity index (χ2v) is 12.8. The first-order valence-electron chi connectivity index (χ1n) is 13.3. The maximum absolute atomic E-state index is 14.1. The maximum atomic E-state index is 14.1. The van der Waals surface area contributed by atoms with Crippen LogP contribution in [0, 0.1) is 13.8 Å². The molecular weight excluding hydrogens is 605 g/mol. The van der Waals surface area contributed by atoms with Crippen molar-refractivity contribution in [1.29, 1.82) is 0 Å². The first-order chi connectivity index (χ1) is 19.4. The lowest BCUT2D eigenvalue weighted by atomic mass is 10.1. The summed E-state index contributed by atoms with van der Waals surface area (Å²) < 4.78 is 29.0. The number of nitrogens with one attached hydrogen (secondary N) is 1. The molecule has 11 heteroatoms. The molecule has 0 saturated carbocycles. The zero-order chi connectivity index (χ0) is 30.3. The van der Waals surface area contributed by atoms with E-state index in [1.807, 2.05) is 20.8 Å². The van der Waals surface area contributed by atoms with E-state index in [2.05, 4.69) is 5.32 Å². The molecule has 0 aromatic heterocycles. The predicted molar refractivity (Wildman–Crippen MR) is 166 cm³/mol. The third-order valence-corrected chi connectivity index (χ3v) is 9.38. The first-order valence-corrected chi connectivity index (χ1v) is 15.8. The highest BCUT2D eigenvalue weighted by atomic mass is 35.5. The molecule has 3 aromatic rings. The third-order valence-electron chi connectivity index (χ3n) is 6.75. The summed E-state index contributed by atoms with van der Waals surface area (Å²) in [5.41, 5.74) is 2.73. The van der Waals surface area contributed by atoms with Crippen LogP contribution in [0.4, 0.5) is 5.69 Å². The Labute approximate surface area is 257 Å². The van der Waals surface area contributed by atoms with Gasteiger partial charge in [-0.15, -0.1) is 0 Å². The molecule has 0 radical (unpaired) electrons. The van der Waals surface area contributed by atoms with Gasteiger partial charge in [0, 0.05) is 28.2 Å². The average molecular weight is 639 g/mol. The highest BCUT2D eigenvalue weighted by Crippen LogP contribution is 2.28. The second kappa shape index (κ2) is 14.4. The number of hydrogen-bond donors (Lipinski definition) is 1. The van der Waals surface area contributed by atoms with Gasteiger partial charge in [0.2, 0.25) is 11.8 Å². The Kier molecular flexibility index (Phi) is 11.5. The van der Waals surface area contributed by atoms with E-state index in [1.54, 1.807) is 43.3 Å². The lowest BCUT2D eigenvalue weighted by Crippen LogP contribution is -2.52. The zero-order valence-electron chi connectivity index (χ0n) is 23.5. The van der Waals surface area contributed by atoms with Crippen molar-refractivity contribution < 1.29 is 18.0 Å². The lowest BCUT2D eigenvalue weighted by molar-refractivity contribution is -0.140. The van der Waals surface area contributed by atoms with E-state index in [0.717, 1.165) is 21.9 Å². The minimum atomic E-state index is -4.20. The molecule has 0 spiro atoms. The number of sulfonamides is 1. The molecule has 220 valence electrons. The Hall–Kier alpha value is -2.78. The van der Waals surface area contributed by atoms with Crippen LogP contribution in [-0.2, 0) is 26.2 Å². The van der Waals surface area contributed by atoms with E-state index in [-0.39, 0.29) is 17.3 Å². The summed E-state index contributed by atoms with van der Waals surface area (Å²) in [4.78, 5) is 28.7. The Morgan fingerprint density at radius 1 is 0.878 bits per heavy atom. The maximum Gasteiger partial charge on any atom is 0.264 e. The van der Waals surface area contributed by atoms with E-state index >= 15 is 0 Å². The van der Waals surface area contributed by atoms with E-state index in [1.165, 1.54) is 29.2 Å². The molecule has 0 aliphatic rings. The fourth-order valence-electron chi connectivity index (χ4n) is 4.26. The fraction of sp³-hybridized carbons (Fsp3) is 0.333. The van der Waals surface area contributed by atoms with Crippen LogP contribution in [0.1, 0.15) is 43.4 Å². The van der Waals surface area contributed by atoms with Gasteiger partial charge in [0.25, 0.3) is 10.0 Å². The highest BCUT2D eigenvalue weighted by Gasteiger charge is 2.34. The summed E-state index contributed by atoms with van der Waals surface area (Å²) in [6.45, 7) is 7.39. The monoisotopic (exact) mass is 637 g/mol. The highest BCUT2D eigenvalue weighted by molar-refractivity contribution is 7.92. The van der Waals surface area contributed by atoms with Crippen molar-refractivity contribution >= 4 is 62.3 Å². The lowest BCUT2D eigenvalue weighted by Gasteiger charge is -2.33. The molecule has 7 nitrogen and oxygen atoms in total. The van der Waals surface area contributed by atoms with Crippen LogP contribution in [0.2, 0.25) is 15.1 Å². The first kappa shape index (κ1) is 32.7. The molecule has 0 bridgehead atoms. The molecule has 0 aliphatic heterocycles. The van der Waals surface area contributed by atoms with Crippen molar-refractivity contribution in [2.45, 2.75) is 58.0 Å². The number of hydrogen-bond acceptors (Lipinski definition) is 4. The van der Waals surface area contributed by atoms with Crippen molar-refractivity contribution in [3.8, 4) is 0 Å². The molecule has 1 N–H and O–H groups in total. The van der Waals surface area contributed by atoms with Crippen LogP contribution < -0.4 is 9.62 Å². The zero-order valence-corrected chi connectivity index (χ0v) is 26.5. The average Bonchev–Trinajstić information content (AvgIpc) is 2.93. The Bertz CT molecular complexity index is 1500. The standard InChI is InChI=1S/C30H34Cl3N3O4S/c1-5-15-34-30(38)28(6-2)35(18-22-8-9-24(32)17-27(22)33)29(37)19-36(25-12-7-20(3)21(4)16-25)41(39,40)26-13-10-23(31)11-14-26/h7-14,16-17,28H,5-6,15,18-19H2,1-4H3,(H,34,38)/t28-/m0/s1. The van der Waals surface area contributed by atoms with E-state index < -0.39 is 28.5 Å². The number of benzene rings is 3. The van der Waals surface area contributed by atoms with Crippen LogP contribution in [0.3, 0.4) is 0 Å². The summed E-state index contributed by atoms with van der Waals surface area (Å²) in [5.74, 6) is -0.892. The van der Waals surface area contributed by atoms with Crippen molar-refractivity contribution in [2.75, 3.05) is 17.4 Å². The second-order valence-electron chi connectivity index (χ2n) is 9.71. The molecule has 3 rings (SSSR count). The van der Waals surface area contributed by atoms with Gasteiger partial charge in [-0.1, -0.05) is 60.8 Å². The third kappa shape index (κ3) is 8.16. The van der Waals surface area contributed by atoms with Crippen molar-refractivity contribution in [1.82, 2.24) is 10.2 Å². The predicted octanol–water partition coefficient (Wildman–Crippen LogP) is 6.79. The summed E-state index contributed by atoms with van der Waals surface area (Å²) in [7, 11) is -4.20. The van der Waals surface area contributed by atoms with Crippen LogP contribution in [0.25, 0.3) is 0 Å². The molecule has 0 fully saturated rings. The Morgan fingerprint density at radius 2 is 1.54 bits per heavy atom. The molecule has 0 saturated heterocycles. The van der Waals surface area contributed by atoms with Gasteiger partial charge in [0.05, 0.1) is 10.6 Å². The normalized spacial score (nSPS) is 12.1. The minimum Gasteiger partial charge on any atom is -0.354 e. The Balaban J connectivity index is 2.10. The summed E-state index contributed by atoms with van der Waals surface area (Å²) >= 11 is 18.5. The number of amides is 2. The fourth-order valence-corrected chi connectivity index (χ4v) is 6.26. The summed E-state index contributed by atoms with van der Waals surface area (Å²) in [5, 5.41) is 4.00. The van der Waals surface area contributed by atoms with Crippen LogP contribution in [-0.4, -0.2) is 44.3 Å². The van der Waals surface area contributed by atoms with Crippen molar-refractivity contribution in [2.24, 2.45) is 0 Å². The molecule has 41 heavy (non-hydrogen) atoms. The number of carbonyl (C=O) groups excluding carboxylic acids is 2.